The third-order valence-electron chi connectivity index (χ3n) is 4.44. The zero-order valence-electron chi connectivity index (χ0n) is 14.3. The second kappa shape index (κ2) is 6.48. The molecule has 0 saturated carbocycles. The van der Waals surface area contributed by atoms with Gasteiger partial charge in [-0.2, -0.15) is 0 Å². The number of esters is 1. The molecular formula is C22H17NO3. The molecule has 0 aromatic heterocycles. The smallest absolute Gasteiger partial charge is 0.308 e. The first-order valence-corrected chi connectivity index (χ1v) is 8.42. The number of rotatable bonds is 3. The molecule has 26 heavy (non-hydrogen) atoms. The predicted molar refractivity (Wildman–Crippen MR) is 100 cm³/mol. The summed E-state index contributed by atoms with van der Waals surface area (Å²) in [5, 5.41) is 2.90. The van der Waals surface area contributed by atoms with Crippen LogP contribution in [0, 0.1) is 0 Å². The Labute approximate surface area is 151 Å². The van der Waals surface area contributed by atoms with Crippen LogP contribution < -0.4 is 10.1 Å². The largest absolute Gasteiger partial charge is 0.426 e. The van der Waals surface area contributed by atoms with Gasteiger partial charge in [0.25, 0.3) is 5.91 Å². The van der Waals surface area contributed by atoms with Crippen LogP contribution in [0.3, 0.4) is 0 Å². The average Bonchev–Trinajstić information content (AvgIpc) is 2.99. The lowest BCUT2D eigenvalue weighted by atomic mass is 10.1. The standard InChI is InChI=1S/C22H17NO3/c1-14(24)26-21-9-5-4-8-20(21)22(25)23-17-10-11-19-16(13-17)12-15-6-2-3-7-18(15)19/h2-11,13H,12H2,1H3,(H,23,25). The van der Waals surface area contributed by atoms with Crippen molar-refractivity contribution >= 4 is 17.6 Å². The molecule has 0 atom stereocenters. The van der Waals surface area contributed by atoms with E-state index >= 15 is 0 Å². The van der Waals surface area contributed by atoms with Gasteiger partial charge in [-0.3, -0.25) is 9.59 Å². The van der Waals surface area contributed by atoms with Crippen molar-refractivity contribution in [2.75, 3.05) is 5.32 Å². The van der Waals surface area contributed by atoms with E-state index in [0.29, 0.717) is 5.56 Å². The number of hydrogen-bond acceptors (Lipinski definition) is 3. The van der Waals surface area contributed by atoms with Gasteiger partial charge in [0.1, 0.15) is 5.75 Å². The summed E-state index contributed by atoms with van der Waals surface area (Å²) in [6, 6.07) is 21.0. The number of fused-ring (bicyclic) bond motifs is 3. The predicted octanol–water partition coefficient (Wildman–Crippen LogP) is 4.44. The van der Waals surface area contributed by atoms with Crippen LogP contribution in [0.4, 0.5) is 5.69 Å². The van der Waals surface area contributed by atoms with E-state index in [1.165, 1.54) is 29.2 Å². The van der Waals surface area contributed by atoms with Gasteiger partial charge in [-0.05, 0) is 52.9 Å². The molecule has 4 nitrogen and oxygen atoms in total. The van der Waals surface area contributed by atoms with E-state index in [1.807, 2.05) is 30.3 Å². The summed E-state index contributed by atoms with van der Waals surface area (Å²) in [6.07, 6.45) is 0.860. The first-order valence-electron chi connectivity index (χ1n) is 8.42. The van der Waals surface area contributed by atoms with E-state index in [-0.39, 0.29) is 11.7 Å². The number of anilines is 1. The van der Waals surface area contributed by atoms with Crippen LogP contribution in [0.2, 0.25) is 0 Å². The molecular weight excluding hydrogens is 326 g/mol. The number of ether oxygens (including phenoxy) is 1. The minimum absolute atomic E-state index is 0.256. The van der Waals surface area contributed by atoms with Crippen LogP contribution in [0.5, 0.6) is 5.75 Å². The van der Waals surface area contributed by atoms with E-state index in [9.17, 15) is 9.59 Å². The summed E-state index contributed by atoms with van der Waals surface area (Å²) < 4.78 is 5.12. The molecule has 1 aliphatic rings. The van der Waals surface area contributed by atoms with Crippen LogP contribution in [0.25, 0.3) is 11.1 Å². The van der Waals surface area contributed by atoms with Crippen LogP contribution >= 0.6 is 0 Å². The van der Waals surface area contributed by atoms with E-state index in [4.69, 9.17) is 4.74 Å². The zero-order chi connectivity index (χ0) is 18.1. The van der Waals surface area contributed by atoms with E-state index in [2.05, 4.69) is 17.4 Å². The van der Waals surface area contributed by atoms with Crippen molar-refractivity contribution in [2.45, 2.75) is 13.3 Å². The number of carbonyl (C=O) groups excluding carboxylic acids is 2. The highest BCUT2D eigenvalue weighted by Gasteiger charge is 2.19. The number of nitrogens with one attached hydrogen (secondary N) is 1. The Morgan fingerprint density at radius 3 is 2.46 bits per heavy atom. The molecule has 0 bridgehead atoms. The van der Waals surface area contributed by atoms with Crippen molar-refractivity contribution in [1.29, 1.82) is 0 Å². The Morgan fingerprint density at radius 2 is 1.62 bits per heavy atom. The monoisotopic (exact) mass is 343 g/mol. The highest BCUT2D eigenvalue weighted by Crippen LogP contribution is 2.37. The summed E-state index contributed by atoms with van der Waals surface area (Å²) in [7, 11) is 0. The fourth-order valence-electron chi connectivity index (χ4n) is 3.32. The van der Waals surface area contributed by atoms with Gasteiger partial charge in [-0.1, -0.05) is 42.5 Å². The fourth-order valence-corrected chi connectivity index (χ4v) is 3.32. The lowest BCUT2D eigenvalue weighted by Gasteiger charge is -2.10. The fraction of sp³-hybridized carbons (Fsp3) is 0.0909. The van der Waals surface area contributed by atoms with Gasteiger partial charge in [0, 0.05) is 12.6 Å². The van der Waals surface area contributed by atoms with Crippen LogP contribution in [0.1, 0.15) is 28.4 Å². The summed E-state index contributed by atoms with van der Waals surface area (Å²) in [6.45, 7) is 1.31. The Hall–Kier alpha value is -3.40. The molecule has 1 aliphatic carbocycles. The van der Waals surface area contributed by atoms with Crippen molar-refractivity contribution in [2.24, 2.45) is 0 Å². The summed E-state index contributed by atoms with van der Waals surface area (Å²) in [5.41, 5.74) is 5.99. The highest BCUT2D eigenvalue weighted by molar-refractivity contribution is 6.06. The minimum Gasteiger partial charge on any atom is -0.426 e. The third kappa shape index (κ3) is 2.97. The number of para-hydroxylation sites is 1. The van der Waals surface area contributed by atoms with E-state index in [0.717, 1.165) is 12.1 Å². The third-order valence-corrected chi connectivity index (χ3v) is 4.44. The molecule has 1 amide bonds. The summed E-state index contributed by atoms with van der Waals surface area (Å²) in [4.78, 5) is 23.9. The lowest BCUT2D eigenvalue weighted by molar-refractivity contribution is -0.131. The lowest BCUT2D eigenvalue weighted by Crippen LogP contribution is -2.15. The van der Waals surface area contributed by atoms with Gasteiger partial charge in [0.05, 0.1) is 5.56 Å². The molecule has 0 aliphatic heterocycles. The van der Waals surface area contributed by atoms with Crippen molar-refractivity contribution in [3.8, 4) is 16.9 Å². The molecule has 4 rings (SSSR count). The molecule has 0 unspecified atom stereocenters. The van der Waals surface area contributed by atoms with Gasteiger partial charge in [0.15, 0.2) is 0 Å². The van der Waals surface area contributed by atoms with Crippen molar-refractivity contribution in [3.63, 3.8) is 0 Å². The molecule has 128 valence electrons. The molecule has 3 aromatic rings. The zero-order valence-corrected chi connectivity index (χ0v) is 14.3. The number of benzene rings is 3. The maximum Gasteiger partial charge on any atom is 0.308 e. The minimum atomic E-state index is -0.458. The summed E-state index contributed by atoms with van der Waals surface area (Å²) in [5.74, 6) is -0.510. The van der Waals surface area contributed by atoms with Gasteiger partial charge in [-0.15, -0.1) is 0 Å². The normalized spacial score (nSPS) is 11.4. The molecule has 0 radical (unpaired) electrons. The molecule has 0 fully saturated rings. The Bertz CT molecular complexity index is 1020. The Kier molecular flexibility index (Phi) is 4.01. The maximum atomic E-state index is 12.6. The first kappa shape index (κ1) is 16.1. The number of amides is 1. The van der Waals surface area contributed by atoms with Crippen molar-refractivity contribution < 1.29 is 14.3 Å². The molecule has 0 saturated heterocycles. The van der Waals surface area contributed by atoms with E-state index < -0.39 is 5.97 Å². The van der Waals surface area contributed by atoms with Gasteiger partial charge in [-0.25, -0.2) is 0 Å². The molecule has 4 heteroatoms. The second-order valence-corrected chi connectivity index (χ2v) is 6.25. The first-order chi connectivity index (χ1) is 12.6. The van der Waals surface area contributed by atoms with Crippen molar-refractivity contribution in [1.82, 2.24) is 0 Å². The average molecular weight is 343 g/mol. The Balaban J connectivity index is 1.59. The quantitative estimate of drug-likeness (QED) is 0.442. The van der Waals surface area contributed by atoms with Gasteiger partial charge >= 0.3 is 5.97 Å². The van der Waals surface area contributed by atoms with E-state index in [1.54, 1.807) is 24.3 Å². The van der Waals surface area contributed by atoms with Crippen LogP contribution in [-0.4, -0.2) is 11.9 Å². The van der Waals surface area contributed by atoms with Crippen LogP contribution in [-0.2, 0) is 11.2 Å². The summed E-state index contributed by atoms with van der Waals surface area (Å²) >= 11 is 0. The SMILES string of the molecule is CC(=O)Oc1ccccc1C(=O)Nc1ccc2c(c1)Cc1ccccc1-2. The van der Waals surface area contributed by atoms with Gasteiger partial charge < -0.3 is 10.1 Å². The molecule has 0 heterocycles. The highest BCUT2D eigenvalue weighted by atomic mass is 16.5. The second-order valence-electron chi connectivity index (χ2n) is 6.25. The van der Waals surface area contributed by atoms with Gasteiger partial charge in [0.2, 0.25) is 0 Å². The van der Waals surface area contributed by atoms with Crippen LogP contribution in [0.15, 0.2) is 66.7 Å². The number of carbonyl (C=O) groups is 2. The molecule has 1 N–H and O–H groups in total. The van der Waals surface area contributed by atoms with Crippen molar-refractivity contribution in [3.05, 3.63) is 83.4 Å². The molecule has 3 aromatic carbocycles. The maximum absolute atomic E-state index is 12.6. The topological polar surface area (TPSA) is 55.4 Å². The Morgan fingerprint density at radius 1 is 0.885 bits per heavy atom. The number of hydrogen-bond donors (Lipinski definition) is 1. The molecule has 0 spiro atoms.